The Labute approximate surface area is 173 Å². The highest BCUT2D eigenvalue weighted by Gasteiger charge is 2.17. The highest BCUT2D eigenvalue weighted by Crippen LogP contribution is 2.26. The molecule has 0 spiro atoms. The van der Waals surface area contributed by atoms with Gasteiger partial charge in [0.25, 0.3) is 11.6 Å². The third-order valence-electron chi connectivity index (χ3n) is 4.55. The molecule has 0 saturated heterocycles. The fraction of sp³-hybridized carbons (Fsp3) is 0.130. The Balaban J connectivity index is 1.68. The molecule has 0 atom stereocenters. The number of nitro groups is 1. The normalized spacial score (nSPS) is 10.8. The summed E-state index contributed by atoms with van der Waals surface area (Å²) in [5.74, 6) is -1.11. The van der Waals surface area contributed by atoms with Crippen LogP contribution in [0.3, 0.4) is 0 Å². The Bertz CT molecular complexity index is 1120. The maximum Gasteiger partial charge on any atom is 0.331 e. The molecule has 3 rings (SSSR count). The lowest BCUT2D eigenvalue weighted by Gasteiger charge is -2.22. The number of esters is 1. The van der Waals surface area contributed by atoms with Crippen LogP contribution in [0.1, 0.15) is 12.5 Å². The molecule has 0 N–H and O–H groups in total. The summed E-state index contributed by atoms with van der Waals surface area (Å²) >= 11 is 0. The van der Waals surface area contributed by atoms with Crippen LogP contribution in [0.2, 0.25) is 0 Å². The topological polar surface area (TPSA) is 89.8 Å². The van der Waals surface area contributed by atoms with Gasteiger partial charge >= 0.3 is 5.97 Å². The zero-order valence-electron chi connectivity index (χ0n) is 16.4. The van der Waals surface area contributed by atoms with Crippen LogP contribution in [0.5, 0.6) is 0 Å². The number of nitro benzene ring substituents is 1. The lowest BCUT2D eigenvalue weighted by molar-refractivity contribution is -0.385. The standard InChI is InChI=1S/C23H20N2O5/c1-2-24(21-13-7-10-17-8-3-5-11-19(17)21)22(26)16-30-23(27)15-14-18-9-4-6-12-20(18)25(28)29/h3-15H,2,16H2,1H3. The Morgan fingerprint density at radius 1 is 1.03 bits per heavy atom. The first-order chi connectivity index (χ1) is 14.5. The number of rotatable bonds is 7. The lowest BCUT2D eigenvalue weighted by atomic mass is 10.1. The van der Waals surface area contributed by atoms with Crippen molar-refractivity contribution >= 4 is 40.1 Å². The van der Waals surface area contributed by atoms with E-state index in [0.717, 1.165) is 22.5 Å². The van der Waals surface area contributed by atoms with E-state index in [9.17, 15) is 19.7 Å². The first-order valence-corrected chi connectivity index (χ1v) is 9.37. The fourth-order valence-electron chi connectivity index (χ4n) is 3.14. The number of ether oxygens (including phenoxy) is 1. The van der Waals surface area contributed by atoms with Gasteiger partial charge in [0.15, 0.2) is 6.61 Å². The fourth-order valence-corrected chi connectivity index (χ4v) is 3.14. The number of para-hydroxylation sites is 1. The molecule has 0 saturated carbocycles. The van der Waals surface area contributed by atoms with Gasteiger partial charge in [-0.15, -0.1) is 0 Å². The summed E-state index contributed by atoms with van der Waals surface area (Å²) in [5, 5.41) is 13.0. The van der Waals surface area contributed by atoms with E-state index >= 15 is 0 Å². The van der Waals surface area contributed by atoms with Crippen molar-refractivity contribution in [3.05, 3.63) is 88.5 Å². The van der Waals surface area contributed by atoms with E-state index in [1.165, 1.54) is 18.2 Å². The number of hydrogen-bond acceptors (Lipinski definition) is 5. The summed E-state index contributed by atoms with van der Waals surface area (Å²) in [6, 6.07) is 19.4. The molecule has 1 amide bonds. The molecule has 0 fully saturated rings. The molecule has 7 nitrogen and oxygen atoms in total. The average molecular weight is 404 g/mol. The molecule has 0 aliphatic carbocycles. The van der Waals surface area contributed by atoms with E-state index in [-0.39, 0.29) is 17.2 Å². The van der Waals surface area contributed by atoms with Crippen LogP contribution in [0.15, 0.2) is 72.8 Å². The summed E-state index contributed by atoms with van der Waals surface area (Å²) in [6.07, 6.45) is 2.37. The van der Waals surface area contributed by atoms with Crippen molar-refractivity contribution in [2.24, 2.45) is 0 Å². The Hall–Kier alpha value is -4.00. The van der Waals surface area contributed by atoms with E-state index in [4.69, 9.17) is 4.74 Å². The predicted octanol–water partition coefficient (Wildman–Crippen LogP) is 4.36. The third-order valence-corrected chi connectivity index (χ3v) is 4.55. The second-order valence-electron chi connectivity index (χ2n) is 6.39. The maximum absolute atomic E-state index is 12.7. The van der Waals surface area contributed by atoms with Crippen molar-refractivity contribution in [2.75, 3.05) is 18.1 Å². The number of benzene rings is 3. The van der Waals surface area contributed by atoms with E-state index in [0.29, 0.717) is 6.54 Å². The first kappa shape index (κ1) is 20.7. The van der Waals surface area contributed by atoms with Gasteiger partial charge in [0.2, 0.25) is 0 Å². The van der Waals surface area contributed by atoms with E-state index in [1.54, 1.807) is 17.0 Å². The molecule has 3 aromatic carbocycles. The van der Waals surface area contributed by atoms with Gasteiger partial charge in [0.05, 0.1) is 16.2 Å². The van der Waals surface area contributed by atoms with Gasteiger partial charge in [-0.2, -0.15) is 0 Å². The monoisotopic (exact) mass is 404 g/mol. The van der Waals surface area contributed by atoms with Gasteiger partial charge in [-0.25, -0.2) is 4.79 Å². The minimum atomic E-state index is -0.754. The zero-order valence-corrected chi connectivity index (χ0v) is 16.4. The highest BCUT2D eigenvalue weighted by atomic mass is 16.6. The molecule has 0 heterocycles. The van der Waals surface area contributed by atoms with Gasteiger partial charge in [0.1, 0.15) is 0 Å². The van der Waals surface area contributed by atoms with Crippen molar-refractivity contribution < 1.29 is 19.2 Å². The third kappa shape index (κ3) is 4.70. The molecule has 0 aliphatic rings. The highest BCUT2D eigenvalue weighted by molar-refractivity contribution is 6.04. The van der Waals surface area contributed by atoms with Gasteiger partial charge in [0, 0.05) is 24.1 Å². The minimum absolute atomic E-state index is 0.120. The van der Waals surface area contributed by atoms with Crippen molar-refractivity contribution in [3.8, 4) is 0 Å². The Morgan fingerprint density at radius 3 is 2.50 bits per heavy atom. The number of carbonyl (C=O) groups is 2. The molecular formula is C23H20N2O5. The smallest absolute Gasteiger partial charge is 0.331 e. The number of amides is 1. The summed E-state index contributed by atoms with van der Waals surface area (Å²) in [6.45, 7) is 1.82. The quantitative estimate of drug-likeness (QED) is 0.253. The van der Waals surface area contributed by atoms with Crippen LogP contribution in [-0.2, 0) is 14.3 Å². The van der Waals surface area contributed by atoms with E-state index < -0.39 is 17.5 Å². The van der Waals surface area contributed by atoms with Crippen molar-refractivity contribution in [3.63, 3.8) is 0 Å². The average Bonchev–Trinajstić information content (AvgIpc) is 2.77. The molecule has 0 unspecified atom stereocenters. The van der Waals surface area contributed by atoms with Crippen LogP contribution >= 0.6 is 0 Å². The molecule has 0 aliphatic heterocycles. The lowest BCUT2D eigenvalue weighted by Crippen LogP contribution is -2.34. The summed E-state index contributed by atoms with van der Waals surface area (Å²) in [4.78, 5) is 36.7. The van der Waals surface area contributed by atoms with Crippen LogP contribution in [0, 0.1) is 10.1 Å². The van der Waals surface area contributed by atoms with Crippen LogP contribution in [0.25, 0.3) is 16.8 Å². The van der Waals surface area contributed by atoms with Gasteiger partial charge in [-0.3, -0.25) is 14.9 Å². The van der Waals surface area contributed by atoms with Crippen LogP contribution in [-0.4, -0.2) is 30.0 Å². The Morgan fingerprint density at radius 2 is 1.73 bits per heavy atom. The van der Waals surface area contributed by atoms with Crippen LogP contribution in [0.4, 0.5) is 11.4 Å². The molecular weight excluding hydrogens is 384 g/mol. The first-order valence-electron chi connectivity index (χ1n) is 9.37. The second-order valence-corrected chi connectivity index (χ2v) is 6.39. The number of likely N-dealkylation sites (N-methyl/N-ethyl adjacent to an activating group) is 1. The molecule has 152 valence electrons. The van der Waals surface area contributed by atoms with Gasteiger partial charge in [-0.1, -0.05) is 48.5 Å². The molecule has 3 aromatic rings. The number of fused-ring (bicyclic) bond motifs is 1. The molecule has 0 radical (unpaired) electrons. The predicted molar refractivity (Wildman–Crippen MR) is 115 cm³/mol. The van der Waals surface area contributed by atoms with Crippen molar-refractivity contribution in [1.82, 2.24) is 0 Å². The molecule has 30 heavy (non-hydrogen) atoms. The maximum atomic E-state index is 12.7. The SMILES string of the molecule is CCN(C(=O)COC(=O)C=Cc1ccccc1[N+](=O)[O-])c1cccc2ccccc12. The van der Waals surface area contributed by atoms with Gasteiger partial charge < -0.3 is 9.64 Å². The number of anilines is 1. The summed E-state index contributed by atoms with van der Waals surface area (Å²) < 4.78 is 5.06. The number of hydrogen-bond donors (Lipinski definition) is 0. The van der Waals surface area contributed by atoms with E-state index in [1.807, 2.05) is 49.4 Å². The molecule has 7 heteroatoms. The van der Waals surface area contributed by atoms with Crippen molar-refractivity contribution in [1.29, 1.82) is 0 Å². The van der Waals surface area contributed by atoms with Crippen molar-refractivity contribution in [2.45, 2.75) is 6.92 Å². The van der Waals surface area contributed by atoms with Crippen LogP contribution < -0.4 is 4.90 Å². The Kier molecular flexibility index (Phi) is 6.54. The minimum Gasteiger partial charge on any atom is -0.452 e. The van der Waals surface area contributed by atoms with Gasteiger partial charge in [-0.05, 0) is 30.5 Å². The second kappa shape index (κ2) is 9.47. The largest absolute Gasteiger partial charge is 0.452 e. The summed E-state index contributed by atoms with van der Waals surface area (Å²) in [7, 11) is 0. The zero-order chi connectivity index (χ0) is 21.5. The molecule has 0 bridgehead atoms. The molecule has 0 aromatic heterocycles. The summed E-state index contributed by atoms with van der Waals surface area (Å²) in [5.41, 5.74) is 0.898. The number of nitrogens with zero attached hydrogens (tertiary/aromatic N) is 2. The number of carbonyl (C=O) groups excluding carboxylic acids is 2. The van der Waals surface area contributed by atoms with E-state index in [2.05, 4.69) is 0 Å².